The topological polar surface area (TPSA) is 38.1 Å². The monoisotopic (exact) mass is 230 g/mol. The summed E-state index contributed by atoms with van der Waals surface area (Å²) >= 11 is 0. The summed E-state index contributed by atoms with van der Waals surface area (Å²) in [5.41, 5.74) is 3.31. The van der Waals surface area contributed by atoms with Crippen LogP contribution >= 0.6 is 0 Å². The summed E-state index contributed by atoms with van der Waals surface area (Å²) in [7, 11) is 0. The van der Waals surface area contributed by atoms with E-state index in [0.29, 0.717) is 0 Å². The Hall–Kier alpha value is -1.61. The second-order valence-electron chi connectivity index (χ2n) is 4.13. The Kier molecular flexibility index (Phi) is 3.59. The molecule has 3 nitrogen and oxygen atoms in total. The number of nitrogens with one attached hydrogen (secondary N) is 1. The largest absolute Gasteiger partial charge is 0.460 e. The van der Waals surface area contributed by atoms with Gasteiger partial charge in [0.15, 0.2) is 0 Å². The number of rotatable bonds is 4. The van der Waals surface area contributed by atoms with Crippen LogP contribution in [0.2, 0.25) is 0 Å². The van der Waals surface area contributed by atoms with E-state index in [0.717, 1.165) is 35.9 Å². The molecule has 0 radical (unpaired) electrons. The van der Waals surface area contributed by atoms with E-state index >= 15 is 0 Å². The molecule has 0 fully saturated rings. The molecule has 0 spiro atoms. The normalized spacial score (nSPS) is 10.8. The summed E-state index contributed by atoms with van der Waals surface area (Å²) in [4.78, 5) is 4.31. The Morgan fingerprint density at radius 2 is 2.06 bits per heavy atom. The van der Waals surface area contributed by atoms with E-state index in [1.165, 1.54) is 5.56 Å². The molecule has 0 amide bonds. The number of hydrogen-bond acceptors (Lipinski definition) is 3. The fourth-order valence-electron chi connectivity index (χ4n) is 1.92. The van der Waals surface area contributed by atoms with Crippen LogP contribution in [0.1, 0.15) is 23.9 Å². The van der Waals surface area contributed by atoms with Gasteiger partial charge in [0.05, 0.1) is 6.54 Å². The number of hydrogen-bond donors (Lipinski definition) is 1. The van der Waals surface area contributed by atoms with E-state index in [2.05, 4.69) is 24.1 Å². The van der Waals surface area contributed by atoms with E-state index < -0.39 is 0 Å². The molecule has 2 heterocycles. The van der Waals surface area contributed by atoms with Crippen molar-refractivity contribution >= 4 is 0 Å². The molecule has 17 heavy (non-hydrogen) atoms. The summed E-state index contributed by atoms with van der Waals surface area (Å²) in [5, 5.41) is 3.25. The van der Waals surface area contributed by atoms with Crippen LogP contribution in [0.15, 0.2) is 28.8 Å². The summed E-state index contributed by atoms with van der Waals surface area (Å²) in [6.07, 6.45) is 1.83. The molecule has 0 saturated carbocycles. The molecule has 0 aromatic carbocycles. The third-order valence-corrected chi connectivity index (χ3v) is 2.81. The van der Waals surface area contributed by atoms with Crippen LogP contribution < -0.4 is 5.32 Å². The van der Waals surface area contributed by atoms with Crippen molar-refractivity contribution in [1.29, 1.82) is 0 Å². The van der Waals surface area contributed by atoms with Crippen molar-refractivity contribution in [3.05, 3.63) is 41.4 Å². The third kappa shape index (κ3) is 2.56. The van der Waals surface area contributed by atoms with Crippen molar-refractivity contribution in [2.45, 2.75) is 27.3 Å². The van der Waals surface area contributed by atoms with E-state index in [-0.39, 0.29) is 0 Å². The summed E-state index contributed by atoms with van der Waals surface area (Å²) in [6, 6.07) is 6.04. The summed E-state index contributed by atoms with van der Waals surface area (Å²) in [6.45, 7) is 7.89. The predicted octanol–water partition coefficient (Wildman–Crippen LogP) is 3.07. The first-order valence-electron chi connectivity index (χ1n) is 5.94. The first-order chi connectivity index (χ1) is 8.22. The lowest BCUT2D eigenvalue weighted by molar-refractivity contribution is 0.498. The molecule has 0 aliphatic heterocycles. The highest BCUT2D eigenvalue weighted by Gasteiger charge is 2.10. The summed E-state index contributed by atoms with van der Waals surface area (Å²) in [5.74, 6) is 1.87. The van der Waals surface area contributed by atoms with Gasteiger partial charge in [-0.25, -0.2) is 0 Å². The maximum atomic E-state index is 5.83. The van der Waals surface area contributed by atoms with Gasteiger partial charge < -0.3 is 9.73 Å². The van der Waals surface area contributed by atoms with Gasteiger partial charge in [0.25, 0.3) is 0 Å². The van der Waals surface area contributed by atoms with Crippen molar-refractivity contribution in [2.24, 2.45) is 0 Å². The second-order valence-corrected chi connectivity index (χ2v) is 4.13. The predicted molar refractivity (Wildman–Crippen MR) is 68.8 cm³/mol. The average Bonchev–Trinajstić information content (AvgIpc) is 2.75. The highest BCUT2D eigenvalue weighted by atomic mass is 16.3. The van der Waals surface area contributed by atoms with Gasteiger partial charge in [-0.05, 0) is 44.2 Å². The number of pyridine rings is 1. The maximum absolute atomic E-state index is 5.83. The molecule has 90 valence electrons. The van der Waals surface area contributed by atoms with Gasteiger partial charge in [-0.15, -0.1) is 0 Å². The van der Waals surface area contributed by atoms with Gasteiger partial charge in [-0.2, -0.15) is 0 Å². The first-order valence-corrected chi connectivity index (χ1v) is 5.94. The molecule has 0 saturated heterocycles. The lowest BCUT2D eigenvalue weighted by Crippen LogP contribution is -2.10. The van der Waals surface area contributed by atoms with Crippen LogP contribution in [0.5, 0.6) is 0 Å². The Morgan fingerprint density at radius 3 is 2.76 bits per heavy atom. The molecule has 0 aliphatic carbocycles. The quantitative estimate of drug-likeness (QED) is 0.877. The number of furan rings is 1. The van der Waals surface area contributed by atoms with E-state index in [1.807, 2.05) is 31.3 Å². The van der Waals surface area contributed by atoms with Crippen molar-refractivity contribution < 1.29 is 4.42 Å². The molecule has 2 aromatic heterocycles. The fourth-order valence-corrected chi connectivity index (χ4v) is 1.92. The zero-order valence-corrected chi connectivity index (χ0v) is 10.6. The van der Waals surface area contributed by atoms with Gasteiger partial charge in [0.2, 0.25) is 0 Å². The Morgan fingerprint density at radius 1 is 1.24 bits per heavy atom. The molecule has 2 rings (SSSR count). The molecular weight excluding hydrogens is 212 g/mol. The molecule has 0 atom stereocenters. The molecule has 0 unspecified atom stereocenters. The van der Waals surface area contributed by atoms with Crippen LogP contribution in [0, 0.1) is 13.8 Å². The van der Waals surface area contributed by atoms with E-state index in [1.54, 1.807) is 0 Å². The molecule has 0 aliphatic rings. The van der Waals surface area contributed by atoms with E-state index in [9.17, 15) is 0 Å². The Balaban J connectivity index is 2.30. The second kappa shape index (κ2) is 5.15. The SMILES string of the molecule is CCNCc1ccc(-c2c(C)ccnc2C)o1. The van der Waals surface area contributed by atoms with Gasteiger partial charge >= 0.3 is 0 Å². The minimum Gasteiger partial charge on any atom is -0.460 e. The number of nitrogens with zero attached hydrogens (tertiary/aromatic N) is 1. The van der Waals surface area contributed by atoms with Crippen LogP contribution in [-0.2, 0) is 6.54 Å². The fraction of sp³-hybridized carbons (Fsp3) is 0.357. The maximum Gasteiger partial charge on any atom is 0.136 e. The Bertz CT molecular complexity index is 482. The van der Waals surface area contributed by atoms with Crippen molar-refractivity contribution in [2.75, 3.05) is 6.54 Å². The van der Waals surface area contributed by atoms with Crippen LogP contribution in [0.25, 0.3) is 11.3 Å². The van der Waals surface area contributed by atoms with Crippen molar-refractivity contribution in [3.63, 3.8) is 0 Å². The van der Waals surface area contributed by atoms with E-state index in [4.69, 9.17) is 4.42 Å². The van der Waals surface area contributed by atoms with Gasteiger partial charge in [-0.3, -0.25) is 4.98 Å². The minimum absolute atomic E-state index is 0.773. The average molecular weight is 230 g/mol. The molecular formula is C14H18N2O. The van der Waals surface area contributed by atoms with Crippen LogP contribution in [-0.4, -0.2) is 11.5 Å². The number of aryl methyl sites for hydroxylation is 2. The zero-order chi connectivity index (χ0) is 12.3. The molecule has 2 aromatic rings. The lowest BCUT2D eigenvalue weighted by Gasteiger charge is -2.05. The Labute approximate surface area is 102 Å². The highest BCUT2D eigenvalue weighted by molar-refractivity contribution is 5.64. The lowest BCUT2D eigenvalue weighted by atomic mass is 10.1. The van der Waals surface area contributed by atoms with Gasteiger partial charge in [0, 0.05) is 17.5 Å². The van der Waals surface area contributed by atoms with Crippen molar-refractivity contribution in [3.8, 4) is 11.3 Å². The molecule has 1 N–H and O–H groups in total. The first kappa shape index (κ1) is 11.9. The zero-order valence-electron chi connectivity index (χ0n) is 10.6. The molecule has 0 bridgehead atoms. The standard InChI is InChI=1S/C14H18N2O/c1-4-15-9-12-5-6-13(17-12)14-10(2)7-8-16-11(14)3/h5-8,15H,4,9H2,1-3H3. The highest BCUT2D eigenvalue weighted by Crippen LogP contribution is 2.27. The van der Waals surface area contributed by atoms with Crippen LogP contribution in [0.4, 0.5) is 0 Å². The smallest absolute Gasteiger partial charge is 0.136 e. The van der Waals surface area contributed by atoms with Crippen molar-refractivity contribution in [1.82, 2.24) is 10.3 Å². The minimum atomic E-state index is 0.773. The van der Waals surface area contributed by atoms with Gasteiger partial charge in [0.1, 0.15) is 11.5 Å². The third-order valence-electron chi connectivity index (χ3n) is 2.81. The number of aromatic nitrogens is 1. The van der Waals surface area contributed by atoms with Gasteiger partial charge in [-0.1, -0.05) is 6.92 Å². The molecule has 3 heteroatoms. The summed E-state index contributed by atoms with van der Waals surface area (Å²) < 4.78 is 5.83. The van der Waals surface area contributed by atoms with Crippen LogP contribution in [0.3, 0.4) is 0 Å².